The molecule has 0 bridgehead atoms. The van der Waals surface area contributed by atoms with E-state index in [-0.39, 0.29) is 4.90 Å². The first-order chi connectivity index (χ1) is 12.8. The molecule has 6 nitrogen and oxygen atoms in total. The molecule has 0 amide bonds. The van der Waals surface area contributed by atoms with Crippen LogP contribution in [-0.4, -0.2) is 33.8 Å². The van der Waals surface area contributed by atoms with E-state index in [2.05, 4.69) is 15.4 Å². The van der Waals surface area contributed by atoms with Crippen LogP contribution in [0.15, 0.2) is 47.4 Å². The Morgan fingerprint density at radius 2 is 1.89 bits per heavy atom. The molecule has 0 radical (unpaired) electrons. The van der Waals surface area contributed by atoms with Crippen molar-refractivity contribution in [2.75, 3.05) is 30.3 Å². The molecule has 0 aliphatic carbocycles. The summed E-state index contributed by atoms with van der Waals surface area (Å²) in [6.45, 7) is 3.17. The predicted molar refractivity (Wildman–Crippen MR) is 114 cm³/mol. The number of thiocarbonyl (C=S) groups is 1. The Morgan fingerprint density at radius 3 is 2.56 bits per heavy atom. The largest absolute Gasteiger partial charge is 0.385 e. The van der Waals surface area contributed by atoms with E-state index in [0.717, 1.165) is 12.0 Å². The number of hydrogen-bond acceptors (Lipinski definition) is 4. The second kappa shape index (κ2) is 9.89. The summed E-state index contributed by atoms with van der Waals surface area (Å²) in [4.78, 5) is 0.132. The summed E-state index contributed by atoms with van der Waals surface area (Å²) in [5.41, 5.74) is 1.93. The molecule has 146 valence electrons. The van der Waals surface area contributed by atoms with Crippen molar-refractivity contribution in [1.82, 2.24) is 5.32 Å². The minimum atomic E-state index is -3.74. The maximum Gasteiger partial charge on any atom is 0.261 e. The summed E-state index contributed by atoms with van der Waals surface area (Å²) in [5, 5.41) is 7.06. The molecule has 0 saturated heterocycles. The Bertz CT molecular complexity index is 887. The summed E-state index contributed by atoms with van der Waals surface area (Å²) in [6, 6.07) is 11.3. The van der Waals surface area contributed by atoms with Crippen molar-refractivity contribution < 1.29 is 13.2 Å². The smallest absolute Gasteiger partial charge is 0.261 e. The topological polar surface area (TPSA) is 79.5 Å². The molecule has 0 spiro atoms. The van der Waals surface area contributed by atoms with Crippen LogP contribution in [0.4, 0.5) is 11.4 Å². The number of hydrogen-bond donors (Lipinski definition) is 3. The van der Waals surface area contributed by atoms with Gasteiger partial charge < -0.3 is 15.4 Å². The molecule has 3 N–H and O–H groups in total. The van der Waals surface area contributed by atoms with Gasteiger partial charge in [-0.1, -0.05) is 17.7 Å². The molecule has 2 rings (SSSR count). The third-order valence-corrected chi connectivity index (χ3v) is 5.55. The molecule has 2 aromatic rings. The molecule has 0 aromatic heterocycles. The van der Waals surface area contributed by atoms with E-state index in [1.54, 1.807) is 49.6 Å². The van der Waals surface area contributed by atoms with Gasteiger partial charge in [0.15, 0.2) is 5.11 Å². The summed E-state index contributed by atoms with van der Waals surface area (Å²) in [7, 11) is -2.10. The minimum absolute atomic E-state index is 0.132. The number of rotatable bonds is 8. The molecule has 0 aliphatic rings. The second-order valence-corrected chi connectivity index (χ2v) is 8.34. The number of nitrogens with one attached hydrogen (secondary N) is 3. The molecule has 0 heterocycles. The average molecular weight is 428 g/mol. The van der Waals surface area contributed by atoms with Gasteiger partial charge in [0.25, 0.3) is 10.0 Å². The highest BCUT2D eigenvalue weighted by atomic mass is 35.5. The number of halogens is 1. The Labute approximate surface area is 170 Å². The van der Waals surface area contributed by atoms with Gasteiger partial charge in [-0.25, -0.2) is 8.42 Å². The van der Waals surface area contributed by atoms with E-state index in [1.807, 2.05) is 6.92 Å². The fraction of sp³-hybridized carbons (Fsp3) is 0.278. The van der Waals surface area contributed by atoms with E-state index in [1.165, 1.54) is 0 Å². The number of aryl methyl sites for hydroxylation is 1. The minimum Gasteiger partial charge on any atom is -0.385 e. The van der Waals surface area contributed by atoms with Gasteiger partial charge in [0.05, 0.1) is 4.90 Å². The van der Waals surface area contributed by atoms with Gasteiger partial charge in [0.1, 0.15) is 0 Å². The lowest BCUT2D eigenvalue weighted by molar-refractivity contribution is 0.196. The lowest BCUT2D eigenvalue weighted by Gasteiger charge is -2.14. The molecule has 9 heteroatoms. The SMILES string of the molecule is COCCCNC(=S)Nc1cc(S(=O)(=O)Nc2ccc(Cl)cc2)ccc1C. The van der Waals surface area contributed by atoms with Crippen molar-refractivity contribution in [2.45, 2.75) is 18.2 Å². The van der Waals surface area contributed by atoms with Crippen LogP contribution in [0.3, 0.4) is 0 Å². The summed E-state index contributed by atoms with van der Waals surface area (Å²) in [6.07, 6.45) is 0.816. The van der Waals surface area contributed by atoms with E-state index >= 15 is 0 Å². The second-order valence-electron chi connectivity index (χ2n) is 5.82. The highest BCUT2D eigenvalue weighted by Crippen LogP contribution is 2.23. The number of benzene rings is 2. The fourth-order valence-corrected chi connectivity index (χ4v) is 3.64. The van der Waals surface area contributed by atoms with Crippen LogP contribution in [0.25, 0.3) is 0 Å². The predicted octanol–water partition coefficient (Wildman–Crippen LogP) is 3.77. The third-order valence-electron chi connectivity index (χ3n) is 3.67. The number of anilines is 2. The maximum atomic E-state index is 12.6. The van der Waals surface area contributed by atoms with Crippen molar-refractivity contribution in [2.24, 2.45) is 0 Å². The lowest BCUT2D eigenvalue weighted by atomic mass is 10.2. The standard InChI is InChI=1S/C18H22ClN3O3S2/c1-13-4-9-16(12-17(13)21-18(26)20-10-3-11-25-2)27(23,24)22-15-7-5-14(19)6-8-15/h4-9,12,22H,3,10-11H2,1-2H3,(H2,20,21,26). The molecule has 2 aromatic carbocycles. The number of sulfonamides is 1. The van der Waals surface area contributed by atoms with Gasteiger partial charge in [0, 0.05) is 36.7 Å². The monoisotopic (exact) mass is 427 g/mol. The quantitative estimate of drug-likeness (QED) is 0.439. The zero-order chi connectivity index (χ0) is 19.9. The number of methoxy groups -OCH3 is 1. The van der Waals surface area contributed by atoms with Crippen LogP contribution < -0.4 is 15.4 Å². The van der Waals surface area contributed by atoms with E-state index in [0.29, 0.717) is 34.7 Å². The molecule has 0 unspecified atom stereocenters. The third kappa shape index (κ3) is 6.66. The van der Waals surface area contributed by atoms with Gasteiger partial charge in [-0.2, -0.15) is 0 Å². The van der Waals surface area contributed by atoms with Gasteiger partial charge in [0.2, 0.25) is 0 Å². The Morgan fingerprint density at radius 1 is 1.19 bits per heavy atom. The van der Waals surface area contributed by atoms with Crippen LogP contribution in [0.2, 0.25) is 5.02 Å². The van der Waals surface area contributed by atoms with Crippen molar-refractivity contribution in [1.29, 1.82) is 0 Å². The average Bonchev–Trinajstić information content (AvgIpc) is 2.62. The van der Waals surface area contributed by atoms with Crippen LogP contribution >= 0.6 is 23.8 Å². The first-order valence-corrected chi connectivity index (χ1v) is 10.5. The zero-order valence-electron chi connectivity index (χ0n) is 15.1. The highest BCUT2D eigenvalue weighted by molar-refractivity contribution is 7.92. The van der Waals surface area contributed by atoms with Crippen molar-refractivity contribution >= 4 is 50.3 Å². The fourth-order valence-electron chi connectivity index (χ4n) is 2.22. The van der Waals surface area contributed by atoms with E-state index < -0.39 is 10.0 Å². The normalized spacial score (nSPS) is 11.1. The van der Waals surface area contributed by atoms with Gasteiger partial charge in [-0.05, 0) is 67.5 Å². The Balaban J connectivity index is 2.10. The van der Waals surface area contributed by atoms with E-state index in [9.17, 15) is 8.42 Å². The lowest BCUT2D eigenvalue weighted by Crippen LogP contribution is -2.30. The summed E-state index contributed by atoms with van der Waals surface area (Å²) < 4.78 is 32.8. The molecule has 27 heavy (non-hydrogen) atoms. The zero-order valence-corrected chi connectivity index (χ0v) is 17.5. The van der Waals surface area contributed by atoms with Gasteiger partial charge >= 0.3 is 0 Å². The highest BCUT2D eigenvalue weighted by Gasteiger charge is 2.16. The summed E-state index contributed by atoms with van der Waals surface area (Å²) >= 11 is 11.1. The first kappa shape index (κ1) is 21.4. The summed E-state index contributed by atoms with van der Waals surface area (Å²) in [5.74, 6) is 0. The van der Waals surface area contributed by atoms with Crippen LogP contribution in [-0.2, 0) is 14.8 Å². The van der Waals surface area contributed by atoms with Gasteiger partial charge in [-0.15, -0.1) is 0 Å². The molecule has 0 saturated carbocycles. The molecular weight excluding hydrogens is 406 g/mol. The van der Waals surface area contributed by atoms with E-state index in [4.69, 9.17) is 28.6 Å². The van der Waals surface area contributed by atoms with Crippen molar-refractivity contribution in [3.63, 3.8) is 0 Å². The van der Waals surface area contributed by atoms with Gasteiger partial charge in [-0.3, -0.25) is 4.72 Å². The Hall–Kier alpha value is -1.87. The molecule has 0 aliphatic heterocycles. The van der Waals surface area contributed by atoms with Crippen LogP contribution in [0, 0.1) is 6.92 Å². The van der Waals surface area contributed by atoms with Crippen molar-refractivity contribution in [3.05, 3.63) is 53.1 Å². The first-order valence-electron chi connectivity index (χ1n) is 8.24. The molecule has 0 atom stereocenters. The Kier molecular flexibility index (Phi) is 7.85. The maximum absolute atomic E-state index is 12.6. The van der Waals surface area contributed by atoms with Crippen LogP contribution in [0.5, 0.6) is 0 Å². The molecular formula is C18H22ClN3O3S2. The van der Waals surface area contributed by atoms with Crippen LogP contribution in [0.1, 0.15) is 12.0 Å². The number of ether oxygens (including phenoxy) is 1. The van der Waals surface area contributed by atoms with Crippen molar-refractivity contribution in [3.8, 4) is 0 Å². The molecule has 0 fully saturated rings.